The molecule has 14 heavy (non-hydrogen) atoms. The van der Waals surface area contributed by atoms with Crippen LogP contribution in [0.4, 0.5) is 6.01 Å². The molecule has 1 aromatic rings. The Labute approximate surface area is 83.3 Å². The van der Waals surface area contributed by atoms with Crippen molar-refractivity contribution in [2.75, 3.05) is 18.9 Å². The molecule has 0 aromatic carbocycles. The average Bonchev–Trinajstić information content (AvgIpc) is 2.92. The molecule has 1 aromatic heterocycles. The van der Waals surface area contributed by atoms with E-state index in [1.54, 1.807) is 0 Å². The van der Waals surface area contributed by atoms with E-state index in [2.05, 4.69) is 20.8 Å². The van der Waals surface area contributed by atoms with E-state index in [-0.39, 0.29) is 6.04 Å². The molecule has 1 fully saturated rings. The topological polar surface area (TPSA) is 63.0 Å². The van der Waals surface area contributed by atoms with Gasteiger partial charge in [0.15, 0.2) is 0 Å². The van der Waals surface area contributed by atoms with Gasteiger partial charge in [-0.15, -0.1) is 5.10 Å². The zero-order valence-electron chi connectivity index (χ0n) is 8.58. The van der Waals surface area contributed by atoms with Gasteiger partial charge in [-0.1, -0.05) is 5.10 Å². The number of nitrogens with zero attached hydrogens (tertiary/aromatic N) is 2. The first-order valence-electron chi connectivity index (χ1n) is 5.04. The van der Waals surface area contributed by atoms with E-state index in [1.165, 1.54) is 12.8 Å². The fraction of sp³-hybridized carbons (Fsp3) is 0.778. The van der Waals surface area contributed by atoms with Gasteiger partial charge in [0, 0.05) is 6.54 Å². The number of anilines is 1. The van der Waals surface area contributed by atoms with Gasteiger partial charge < -0.3 is 15.1 Å². The Morgan fingerprint density at radius 3 is 2.93 bits per heavy atom. The summed E-state index contributed by atoms with van der Waals surface area (Å²) in [4.78, 5) is 0. The molecular weight excluding hydrogens is 180 g/mol. The second-order valence-electron chi connectivity index (χ2n) is 3.78. The van der Waals surface area contributed by atoms with Crippen LogP contribution in [0.3, 0.4) is 0 Å². The zero-order valence-corrected chi connectivity index (χ0v) is 8.58. The highest BCUT2D eigenvalue weighted by atomic mass is 16.4. The Bertz CT molecular complexity index is 295. The summed E-state index contributed by atoms with van der Waals surface area (Å²) in [7, 11) is 1.87. The average molecular weight is 196 g/mol. The van der Waals surface area contributed by atoms with Gasteiger partial charge in [0.1, 0.15) is 0 Å². The van der Waals surface area contributed by atoms with Crippen molar-refractivity contribution in [3.05, 3.63) is 5.89 Å². The smallest absolute Gasteiger partial charge is 0.315 e. The molecule has 0 bridgehead atoms. The van der Waals surface area contributed by atoms with Crippen LogP contribution in [0.2, 0.25) is 0 Å². The van der Waals surface area contributed by atoms with Gasteiger partial charge >= 0.3 is 6.01 Å². The SMILES string of the molecule is CNC(C)c1nnc(NCC2CC2)o1. The van der Waals surface area contributed by atoms with Crippen molar-refractivity contribution in [2.24, 2.45) is 5.92 Å². The van der Waals surface area contributed by atoms with Crippen LogP contribution in [0, 0.1) is 5.92 Å². The Morgan fingerprint density at radius 1 is 1.50 bits per heavy atom. The van der Waals surface area contributed by atoms with E-state index < -0.39 is 0 Å². The van der Waals surface area contributed by atoms with E-state index in [0.717, 1.165) is 12.5 Å². The van der Waals surface area contributed by atoms with Crippen LogP contribution in [0.25, 0.3) is 0 Å². The molecule has 78 valence electrons. The molecule has 0 aliphatic heterocycles. The third-order valence-corrected chi connectivity index (χ3v) is 2.48. The van der Waals surface area contributed by atoms with Crippen LogP contribution in [0.1, 0.15) is 31.7 Å². The van der Waals surface area contributed by atoms with Gasteiger partial charge in [0.2, 0.25) is 5.89 Å². The monoisotopic (exact) mass is 196 g/mol. The first kappa shape index (κ1) is 9.45. The first-order valence-corrected chi connectivity index (χ1v) is 5.04. The van der Waals surface area contributed by atoms with Crippen molar-refractivity contribution in [1.29, 1.82) is 0 Å². The second kappa shape index (κ2) is 3.96. The predicted octanol–water partition coefficient (Wildman–Crippen LogP) is 1.17. The molecule has 0 radical (unpaired) electrons. The van der Waals surface area contributed by atoms with Crippen molar-refractivity contribution >= 4 is 6.01 Å². The van der Waals surface area contributed by atoms with Gasteiger partial charge in [-0.2, -0.15) is 0 Å². The molecular formula is C9H16N4O. The summed E-state index contributed by atoms with van der Waals surface area (Å²) >= 11 is 0. The highest BCUT2D eigenvalue weighted by Gasteiger charge is 2.21. The maximum Gasteiger partial charge on any atom is 0.315 e. The largest absolute Gasteiger partial charge is 0.406 e. The first-order chi connectivity index (χ1) is 6.79. The lowest BCUT2D eigenvalue weighted by Crippen LogP contribution is -2.12. The number of hydrogen-bond donors (Lipinski definition) is 2. The zero-order chi connectivity index (χ0) is 9.97. The Balaban J connectivity index is 1.87. The fourth-order valence-corrected chi connectivity index (χ4v) is 1.16. The van der Waals surface area contributed by atoms with Crippen LogP contribution in [0.5, 0.6) is 0 Å². The molecule has 0 amide bonds. The standard InChI is InChI=1S/C9H16N4O/c1-6(10-2)8-12-13-9(14-8)11-5-7-3-4-7/h6-7,10H,3-5H2,1-2H3,(H,11,13). The fourth-order valence-electron chi connectivity index (χ4n) is 1.16. The molecule has 2 N–H and O–H groups in total. The normalized spacial score (nSPS) is 18.1. The van der Waals surface area contributed by atoms with Crippen molar-refractivity contribution < 1.29 is 4.42 Å². The van der Waals surface area contributed by atoms with E-state index in [0.29, 0.717) is 11.9 Å². The van der Waals surface area contributed by atoms with Gasteiger partial charge in [0.25, 0.3) is 0 Å². The molecule has 1 aliphatic rings. The highest BCUT2D eigenvalue weighted by Crippen LogP contribution is 2.28. The van der Waals surface area contributed by atoms with Crippen molar-refractivity contribution in [1.82, 2.24) is 15.5 Å². The maximum atomic E-state index is 5.42. The summed E-state index contributed by atoms with van der Waals surface area (Å²) in [5.74, 6) is 1.44. The van der Waals surface area contributed by atoms with Gasteiger partial charge in [-0.3, -0.25) is 0 Å². The number of nitrogens with one attached hydrogen (secondary N) is 2. The molecule has 1 aliphatic carbocycles. The third kappa shape index (κ3) is 2.23. The van der Waals surface area contributed by atoms with Gasteiger partial charge in [-0.25, -0.2) is 0 Å². The molecule has 2 rings (SSSR count). The number of aromatic nitrogens is 2. The van der Waals surface area contributed by atoms with Crippen LogP contribution < -0.4 is 10.6 Å². The Morgan fingerprint density at radius 2 is 2.29 bits per heavy atom. The summed E-state index contributed by atoms with van der Waals surface area (Å²) in [5.41, 5.74) is 0. The Kier molecular flexibility index (Phi) is 2.67. The van der Waals surface area contributed by atoms with Crippen molar-refractivity contribution in [2.45, 2.75) is 25.8 Å². The number of hydrogen-bond acceptors (Lipinski definition) is 5. The number of rotatable bonds is 5. The summed E-state index contributed by atoms with van der Waals surface area (Å²) in [6, 6.07) is 0.646. The predicted molar refractivity (Wildman–Crippen MR) is 53.0 cm³/mol. The molecule has 1 heterocycles. The molecule has 0 saturated heterocycles. The summed E-state index contributed by atoms with van der Waals surface area (Å²) in [5, 5.41) is 14.0. The minimum atomic E-state index is 0.110. The molecule has 5 heteroatoms. The molecule has 1 saturated carbocycles. The summed E-state index contributed by atoms with van der Waals surface area (Å²) in [6.07, 6.45) is 2.64. The van der Waals surface area contributed by atoms with E-state index >= 15 is 0 Å². The van der Waals surface area contributed by atoms with Crippen LogP contribution in [-0.2, 0) is 0 Å². The minimum Gasteiger partial charge on any atom is -0.406 e. The highest BCUT2D eigenvalue weighted by molar-refractivity contribution is 5.18. The quantitative estimate of drug-likeness (QED) is 0.740. The third-order valence-electron chi connectivity index (χ3n) is 2.48. The van der Waals surface area contributed by atoms with Crippen molar-refractivity contribution in [3.63, 3.8) is 0 Å². The molecule has 0 spiro atoms. The lowest BCUT2D eigenvalue weighted by molar-refractivity contribution is 0.440. The second-order valence-corrected chi connectivity index (χ2v) is 3.78. The van der Waals surface area contributed by atoms with E-state index in [1.807, 2.05) is 14.0 Å². The van der Waals surface area contributed by atoms with E-state index in [4.69, 9.17) is 4.42 Å². The van der Waals surface area contributed by atoms with Crippen molar-refractivity contribution in [3.8, 4) is 0 Å². The minimum absolute atomic E-state index is 0.110. The van der Waals surface area contributed by atoms with Crippen LogP contribution in [0.15, 0.2) is 4.42 Å². The maximum absolute atomic E-state index is 5.42. The van der Waals surface area contributed by atoms with Gasteiger partial charge in [0.05, 0.1) is 6.04 Å². The Hall–Kier alpha value is -1.10. The molecule has 1 atom stereocenters. The summed E-state index contributed by atoms with van der Waals surface area (Å²) < 4.78 is 5.42. The lowest BCUT2D eigenvalue weighted by Gasteiger charge is -2.02. The lowest BCUT2D eigenvalue weighted by atomic mass is 10.3. The van der Waals surface area contributed by atoms with Crippen LogP contribution >= 0.6 is 0 Å². The molecule has 5 nitrogen and oxygen atoms in total. The summed E-state index contributed by atoms with van der Waals surface area (Å²) in [6.45, 7) is 2.94. The van der Waals surface area contributed by atoms with E-state index in [9.17, 15) is 0 Å². The molecule has 1 unspecified atom stereocenters. The van der Waals surface area contributed by atoms with Gasteiger partial charge in [-0.05, 0) is 32.7 Å². The van der Waals surface area contributed by atoms with Crippen LogP contribution in [-0.4, -0.2) is 23.8 Å².